The topological polar surface area (TPSA) is 55.6 Å². The number of hydrogen-bond acceptors (Lipinski definition) is 3. The molecule has 1 unspecified atom stereocenters. The summed E-state index contributed by atoms with van der Waals surface area (Å²) in [5, 5.41) is 0. The molecule has 4 nitrogen and oxygen atoms in total. The van der Waals surface area contributed by atoms with E-state index in [0.717, 1.165) is 24.8 Å². The van der Waals surface area contributed by atoms with Crippen LogP contribution in [-0.2, 0) is 0 Å². The van der Waals surface area contributed by atoms with Crippen LogP contribution in [0, 0.1) is 0 Å². The fourth-order valence-corrected chi connectivity index (χ4v) is 4.01. The molecule has 124 valence electrons. The molecule has 2 bridgehead atoms. The van der Waals surface area contributed by atoms with Crippen molar-refractivity contribution in [2.24, 2.45) is 5.73 Å². The summed E-state index contributed by atoms with van der Waals surface area (Å²) in [6, 6.07) is 6.74. The second-order valence-electron chi connectivity index (χ2n) is 6.39. The normalized spacial score (nSPS) is 23.7. The van der Waals surface area contributed by atoms with Crippen LogP contribution in [0.25, 0.3) is 5.57 Å². The molecule has 0 radical (unpaired) electrons. The van der Waals surface area contributed by atoms with E-state index in [1.165, 1.54) is 18.4 Å². The standard InChI is InChI=1S/C18H25N2O2P/c1-2-3-9-22-17-15(5-4-6-16(17)18(19)21)12-10-13-7-8-14(11-12)20(13)23/h4-6,10,13-14H,2-3,7-9,11,23H2,1H3,(H2,19,21)/t13-,14+/m1/s1. The predicted octanol–water partition coefficient (Wildman–Crippen LogP) is 3.37. The first kappa shape index (κ1) is 16.5. The van der Waals surface area contributed by atoms with Gasteiger partial charge in [0.25, 0.3) is 5.91 Å². The van der Waals surface area contributed by atoms with Gasteiger partial charge in [-0.25, -0.2) is 0 Å². The maximum atomic E-state index is 11.8. The molecule has 0 spiro atoms. The molecule has 1 aromatic carbocycles. The Morgan fingerprint density at radius 2 is 2.26 bits per heavy atom. The molecule has 0 saturated carbocycles. The fraction of sp³-hybridized carbons (Fsp3) is 0.500. The molecule has 23 heavy (non-hydrogen) atoms. The van der Waals surface area contributed by atoms with Gasteiger partial charge in [0, 0.05) is 17.6 Å². The fourth-order valence-electron chi connectivity index (χ4n) is 3.52. The van der Waals surface area contributed by atoms with Crippen LogP contribution in [0.1, 0.15) is 54.9 Å². The molecule has 3 atom stereocenters. The van der Waals surface area contributed by atoms with Crippen LogP contribution >= 0.6 is 9.39 Å². The summed E-state index contributed by atoms with van der Waals surface area (Å²) in [6.45, 7) is 2.74. The van der Waals surface area contributed by atoms with Crippen molar-refractivity contribution in [1.29, 1.82) is 0 Å². The van der Waals surface area contributed by atoms with Gasteiger partial charge in [0.2, 0.25) is 0 Å². The second-order valence-corrected chi connectivity index (χ2v) is 6.99. The number of fused-ring (bicyclic) bond motifs is 2. The minimum Gasteiger partial charge on any atom is -0.492 e. The minimum atomic E-state index is -0.426. The van der Waals surface area contributed by atoms with Gasteiger partial charge >= 0.3 is 0 Å². The molecule has 5 heteroatoms. The molecule has 3 rings (SSSR count). The number of ether oxygens (including phenoxy) is 1. The number of para-hydroxylation sites is 1. The Labute approximate surface area is 140 Å². The molecule has 0 aliphatic carbocycles. The van der Waals surface area contributed by atoms with Crippen LogP contribution in [0.15, 0.2) is 24.3 Å². The van der Waals surface area contributed by atoms with Crippen molar-refractivity contribution in [1.82, 2.24) is 4.67 Å². The molecule has 1 amide bonds. The summed E-state index contributed by atoms with van der Waals surface area (Å²) >= 11 is 0. The van der Waals surface area contributed by atoms with Crippen molar-refractivity contribution in [2.45, 2.75) is 51.1 Å². The zero-order valence-corrected chi connectivity index (χ0v) is 14.8. The number of hydrogen-bond donors (Lipinski definition) is 1. The average Bonchev–Trinajstić information content (AvgIpc) is 2.76. The number of carbonyl (C=O) groups is 1. The van der Waals surface area contributed by atoms with Crippen LogP contribution in [0.3, 0.4) is 0 Å². The number of carbonyl (C=O) groups excluding carboxylic acids is 1. The quantitative estimate of drug-likeness (QED) is 0.642. The van der Waals surface area contributed by atoms with Crippen LogP contribution in [0.2, 0.25) is 0 Å². The number of nitrogens with two attached hydrogens (primary N) is 1. The Morgan fingerprint density at radius 3 is 2.96 bits per heavy atom. The average molecular weight is 332 g/mol. The number of benzene rings is 1. The first-order chi connectivity index (χ1) is 11.1. The van der Waals surface area contributed by atoms with E-state index in [4.69, 9.17) is 10.5 Å². The Balaban J connectivity index is 1.96. The Kier molecular flexibility index (Phi) is 5.03. The Bertz CT molecular complexity index is 629. The first-order valence-corrected chi connectivity index (χ1v) is 8.93. The van der Waals surface area contributed by atoms with Crippen LogP contribution in [-0.4, -0.2) is 29.3 Å². The molecule has 1 aromatic rings. The third kappa shape index (κ3) is 3.29. The number of primary amides is 1. The summed E-state index contributed by atoms with van der Waals surface area (Å²) < 4.78 is 8.35. The highest BCUT2D eigenvalue weighted by atomic mass is 31.0. The lowest BCUT2D eigenvalue weighted by Crippen LogP contribution is -2.29. The maximum Gasteiger partial charge on any atom is 0.252 e. The second kappa shape index (κ2) is 7.02. The van der Waals surface area contributed by atoms with E-state index in [0.29, 0.717) is 30.0 Å². The largest absolute Gasteiger partial charge is 0.492 e. The lowest BCUT2D eigenvalue weighted by molar-refractivity contribution is 0.0996. The highest BCUT2D eigenvalue weighted by Crippen LogP contribution is 2.43. The molecule has 2 N–H and O–H groups in total. The summed E-state index contributed by atoms with van der Waals surface area (Å²) in [4.78, 5) is 11.8. The van der Waals surface area contributed by atoms with Gasteiger partial charge in [-0.1, -0.05) is 40.9 Å². The molecule has 2 aliphatic heterocycles. The van der Waals surface area contributed by atoms with Gasteiger partial charge in [0.05, 0.1) is 12.2 Å². The van der Waals surface area contributed by atoms with Crippen molar-refractivity contribution >= 4 is 20.9 Å². The van der Waals surface area contributed by atoms with E-state index in [1.807, 2.05) is 6.07 Å². The smallest absolute Gasteiger partial charge is 0.252 e. The number of unbranched alkanes of at least 4 members (excludes halogenated alkanes) is 1. The molecule has 2 heterocycles. The lowest BCUT2D eigenvalue weighted by atomic mass is 9.93. The van der Waals surface area contributed by atoms with Gasteiger partial charge < -0.3 is 10.5 Å². The Morgan fingerprint density at radius 1 is 1.43 bits per heavy atom. The highest BCUT2D eigenvalue weighted by Gasteiger charge is 2.35. The van der Waals surface area contributed by atoms with E-state index in [-0.39, 0.29) is 0 Å². The summed E-state index contributed by atoms with van der Waals surface area (Å²) in [5.74, 6) is 0.238. The van der Waals surface area contributed by atoms with Gasteiger partial charge in [0.15, 0.2) is 0 Å². The van der Waals surface area contributed by atoms with Gasteiger partial charge in [-0.05, 0) is 37.3 Å². The monoisotopic (exact) mass is 332 g/mol. The third-order valence-corrected chi connectivity index (χ3v) is 5.62. The number of rotatable bonds is 6. The summed E-state index contributed by atoms with van der Waals surface area (Å²) in [7, 11) is 2.86. The molecular weight excluding hydrogens is 307 g/mol. The first-order valence-electron chi connectivity index (χ1n) is 8.41. The van der Waals surface area contributed by atoms with Crippen molar-refractivity contribution in [3.63, 3.8) is 0 Å². The minimum absolute atomic E-state index is 0.426. The number of nitrogens with zero attached hydrogens (tertiary/aromatic N) is 1. The van der Waals surface area contributed by atoms with Gasteiger partial charge in [-0.15, -0.1) is 0 Å². The van der Waals surface area contributed by atoms with Crippen molar-refractivity contribution in [3.8, 4) is 5.75 Å². The van der Waals surface area contributed by atoms with Gasteiger partial charge in [0.1, 0.15) is 5.75 Å². The van der Waals surface area contributed by atoms with E-state index in [2.05, 4.69) is 33.1 Å². The summed E-state index contributed by atoms with van der Waals surface area (Å²) in [5.41, 5.74) is 8.36. The van der Waals surface area contributed by atoms with Crippen LogP contribution in [0.4, 0.5) is 0 Å². The lowest BCUT2D eigenvalue weighted by Gasteiger charge is -2.30. The van der Waals surface area contributed by atoms with Crippen molar-refractivity contribution in [3.05, 3.63) is 35.4 Å². The highest BCUT2D eigenvalue weighted by molar-refractivity contribution is 7.13. The van der Waals surface area contributed by atoms with E-state index in [9.17, 15) is 4.79 Å². The molecule has 0 aromatic heterocycles. The molecule has 2 aliphatic rings. The third-order valence-electron chi connectivity index (χ3n) is 4.82. The maximum absolute atomic E-state index is 11.8. The van der Waals surface area contributed by atoms with Crippen molar-refractivity contribution < 1.29 is 9.53 Å². The van der Waals surface area contributed by atoms with E-state index >= 15 is 0 Å². The summed E-state index contributed by atoms with van der Waals surface area (Å²) in [6.07, 6.45) is 7.75. The van der Waals surface area contributed by atoms with Crippen LogP contribution < -0.4 is 10.5 Å². The zero-order valence-electron chi connectivity index (χ0n) is 13.6. The van der Waals surface area contributed by atoms with Gasteiger partial charge in [-0.2, -0.15) is 0 Å². The predicted molar refractivity (Wildman–Crippen MR) is 96.3 cm³/mol. The molecule has 1 fully saturated rings. The zero-order chi connectivity index (χ0) is 16.4. The van der Waals surface area contributed by atoms with E-state index in [1.54, 1.807) is 6.07 Å². The van der Waals surface area contributed by atoms with Gasteiger partial charge in [-0.3, -0.25) is 9.46 Å². The Hall–Kier alpha value is -1.38. The molecular formula is C18H25N2O2P. The number of amides is 1. The molecule has 1 saturated heterocycles. The van der Waals surface area contributed by atoms with E-state index < -0.39 is 5.91 Å². The van der Waals surface area contributed by atoms with Crippen molar-refractivity contribution in [2.75, 3.05) is 6.61 Å². The van der Waals surface area contributed by atoms with Crippen LogP contribution in [0.5, 0.6) is 5.75 Å². The SMILES string of the molecule is CCCCOc1c(C(N)=O)cccc1C1=C[C@H]2CC[C@@H](C1)N2P.